The van der Waals surface area contributed by atoms with Crippen LogP contribution in [0.25, 0.3) is 28.2 Å². The molecule has 1 aliphatic heterocycles. The average molecular weight is 679 g/mol. The van der Waals surface area contributed by atoms with E-state index in [1.807, 2.05) is 76.2 Å². The number of carbonyl (C=O) groups excluding carboxylic acids is 2. The van der Waals surface area contributed by atoms with E-state index in [4.69, 9.17) is 23.6 Å². The molecule has 2 aromatic heterocycles. The zero-order valence-corrected chi connectivity index (χ0v) is 29.2. The molecule has 0 aliphatic carbocycles. The molecule has 0 saturated carbocycles. The molecule has 0 amide bonds. The SMILES string of the molecule is CCCC1=C(C(=O)OCC)[C@H](c2c(OC)ccc3ccccc23)n2c(s/c(=C/c3ccc(-c4ccc(C(=O)OC(C)C)cc4C)o3)c2=O)=N1. The van der Waals surface area contributed by atoms with Crippen LogP contribution in [0.4, 0.5) is 0 Å². The van der Waals surface area contributed by atoms with Crippen LogP contribution in [0.3, 0.4) is 0 Å². The summed E-state index contributed by atoms with van der Waals surface area (Å²) in [5, 5.41) is 1.80. The summed E-state index contributed by atoms with van der Waals surface area (Å²) in [7, 11) is 1.58. The lowest BCUT2D eigenvalue weighted by Gasteiger charge is -2.28. The van der Waals surface area contributed by atoms with Crippen LogP contribution in [0.15, 0.2) is 92.2 Å². The highest BCUT2D eigenvalue weighted by Gasteiger charge is 2.37. The number of allylic oxidation sites excluding steroid dienone is 1. The number of methoxy groups -OCH3 is 1. The summed E-state index contributed by atoms with van der Waals surface area (Å²) < 4.78 is 25.0. The summed E-state index contributed by atoms with van der Waals surface area (Å²) in [5.41, 5.74) is 3.41. The Morgan fingerprint density at radius 1 is 1.04 bits per heavy atom. The summed E-state index contributed by atoms with van der Waals surface area (Å²) in [5.74, 6) is 0.716. The van der Waals surface area contributed by atoms with Gasteiger partial charge in [0.15, 0.2) is 4.80 Å². The summed E-state index contributed by atoms with van der Waals surface area (Å²) in [6.07, 6.45) is 2.75. The van der Waals surface area contributed by atoms with Gasteiger partial charge < -0.3 is 18.6 Å². The number of benzene rings is 3. The van der Waals surface area contributed by atoms with Crippen molar-refractivity contribution in [2.45, 2.75) is 59.6 Å². The van der Waals surface area contributed by atoms with Crippen LogP contribution in [0.5, 0.6) is 5.75 Å². The third-order valence-corrected chi connectivity index (χ3v) is 9.27. The highest BCUT2D eigenvalue weighted by molar-refractivity contribution is 7.07. The molecule has 0 unspecified atom stereocenters. The normalized spacial score (nSPS) is 14.6. The van der Waals surface area contributed by atoms with Crippen LogP contribution in [0.1, 0.15) is 73.8 Å². The molecule has 252 valence electrons. The number of aromatic nitrogens is 1. The first kappa shape index (κ1) is 33.7. The number of esters is 2. The maximum Gasteiger partial charge on any atom is 0.338 e. The molecule has 49 heavy (non-hydrogen) atoms. The number of aryl methyl sites for hydroxylation is 1. The quantitative estimate of drug-likeness (QED) is 0.148. The second kappa shape index (κ2) is 14.1. The molecular weight excluding hydrogens is 641 g/mol. The number of nitrogens with zero attached hydrogens (tertiary/aromatic N) is 2. The minimum absolute atomic E-state index is 0.177. The number of ether oxygens (including phenoxy) is 3. The van der Waals surface area contributed by atoms with Crippen LogP contribution in [-0.2, 0) is 14.3 Å². The van der Waals surface area contributed by atoms with Crippen LogP contribution in [0, 0.1) is 6.92 Å². The molecule has 9 nitrogen and oxygen atoms in total. The number of furan rings is 1. The Balaban J connectivity index is 1.50. The summed E-state index contributed by atoms with van der Waals surface area (Å²) in [6, 6.07) is 19.8. The van der Waals surface area contributed by atoms with Crippen molar-refractivity contribution >= 4 is 40.1 Å². The fourth-order valence-corrected chi connectivity index (χ4v) is 7.18. The van der Waals surface area contributed by atoms with Gasteiger partial charge in [0.1, 0.15) is 23.3 Å². The Labute approximate surface area is 287 Å². The van der Waals surface area contributed by atoms with E-state index in [9.17, 15) is 14.4 Å². The molecule has 0 saturated heterocycles. The highest BCUT2D eigenvalue weighted by Crippen LogP contribution is 2.41. The Hall–Kier alpha value is -5.22. The molecule has 10 heteroatoms. The summed E-state index contributed by atoms with van der Waals surface area (Å²) in [6.45, 7) is 9.48. The van der Waals surface area contributed by atoms with Crippen LogP contribution >= 0.6 is 11.3 Å². The number of fused-ring (bicyclic) bond motifs is 2. The fourth-order valence-electron chi connectivity index (χ4n) is 6.18. The van der Waals surface area contributed by atoms with Crippen molar-refractivity contribution in [2.75, 3.05) is 13.7 Å². The average Bonchev–Trinajstić information content (AvgIpc) is 3.67. The van der Waals surface area contributed by atoms with Gasteiger partial charge in [-0.15, -0.1) is 0 Å². The molecule has 3 aromatic carbocycles. The molecule has 3 heterocycles. The second-order valence-electron chi connectivity index (χ2n) is 12.0. The van der Waals surface area contributed by atoms with E-state index in [2.05, 4.69) is 0 Å². The molecular formula is C39H38N2O7S. The van der Waals surface area contributed by atoms with E-state index in [1.54, 1.807) is 42.9 Å². The first-order valence-corrected chi connectivity index (χ1v) is 17.2. The Kier molecular flexibility index (Phi) is 9.69. The third-order valence-electron chi connectivity index (χ3n) is 8.29. The maximum absolute atomic E-state index is 14.4. The third kappa shape index (κ3) is 6.48. The van der Waals surface area contributed by atoms with Gasteiger partial charge in [0.25, 0.3) is 5.56 Å². The number of carbonyl (C=O) groups is 2. The summed E-state index contributed by atoms with van der Waals surface area (Å²) >= 11 is 1.24. The molecule has 5 aromatic rings. The lowest BCUT2D eigenvalue weighted by atomic mass is 9.90. The molecule has 1 atom stereocenters. The van der Waals surface area contributed by atoms with Crippen molar-refractivity contribution in [2.24, 2.45) is 4.99 Å². The Morgan fingerprint density at radius 3 is 2.55 bits per heavy atom. The second-order valence-corrected chi connectivity index (χ2v) is 13.0. The smallest absolute Gasteiger partial charge is 0.338 e. The lowest BCUT2D eigenvalue weighted by molar-refractivity contribution is -0.139. The van der Waals surface area contributed by atoms with Gasteiger partial charge in [-0.3, -0.25) is 9.36 Å². The zero-order valence-electron chi connectivity index (χ0n) is 28.4. The van der Waals surface area contributed by atoms with Crippen molar-refractivity contribution in [1.82, 2.24) is 4.57 Å². The van der Waals surface area contributed by atoms with E-state index in [0.29, 0.717) is 55.4 Å². The molecule has 0 N–H and O–H groups in total. The van der Waals surface area contributed by atoms with E-state index in [1.165, 1.54) is 11.3 Å². The molecule has 6 rings (SSSR count). The van der Waals surface area contributed by atoms with Crippen LogP contribution in [-0.4, -0.2) is 36.3 Å². The topological polar surface area (TPSA) is 109 Å². The molecule has 0 bridgehead atoms. The highest BCUT2D eigenvalue weighted by atomic mass is 32.1. The number of hydrogen-bond acceptors (Lipinski definition) is 9. The maximum atomic E-state index is 14.4. The molecule has 0 fully saturated rings. The van der Waals surface area contributed by atoms with Gasteiger partial charge in [0.05, 0.1) is 41.2 Å². The van der Waals surface area contributed by atoms with Gasteiger partial charge in [-0.2, -0.15) is 0 Å². The first-order chi connectivity index (χ1) is 23.6. The number of thiazole rings is 1. The minimum atomic E-state index is -0.837. The van der Waals surface area contributed by atoms with Crippen LogP contribution in [0.2, 0.25) is 0 Å². The van der Waals surface area contributed by atoms with Crippen molar-refractivity contribution in [1.29, 1.82) is 0 Å². The molecule has 1 aliphatic rings. The fraction of sp³-hybridized carbons (Fsp3) is 0.282. The summed E-state index contributed by atoms with van der Waals surface area (Å²) in [4.78, 5) is 45.9. The van der Waals surface area contributed by atoms with E-state index >= 15 is 0 Å². The van der Waals surface area contributed by atoms with Crippen molar-refractivity contribution in [3.63, 3.8) is 0 Å². The molecule has 0 radical (unpaired) electrons. The van der Waals surface area contributed by atoms with Crippen LogP contribution < -0.4 is 19.6 Å². The van der Waals surface area contributed by atoms with Gasteiger partial charge in [-0.25, -0.2) is 14.6 Å². The Morgan fingerprint density at radius 2 is 1.84 bits per heavy atom. The lowest BCUT2D eigenvalue weighted by Crippen LogP contribution is -2.40. The van der Waals surface area contributed by atoms with Gasteiger partial charge in [0, 0.05) is 17.2 Å². The minimum Gasteiger partial charge on any atom is -0.496 e. The van der Waals surface area contributed by atoms with Gasteiger partial charge in [0.2, 0.25) is 0 Å². The van der Waals surface area contributed by atoms with Gasteiger partial charge in [-0.1, -0.05) is 61.1 Å². The monoisotopic (exact) mass is 678 g/mol. The van der Waals surface area contributed by atoms with Gasteiger partial charge in [-0.05, 0) is 80.8 Å². The number of rotatable bonds is 10. The molecule has 0 spiro atoms. The van der Waals surface area contributed by atoms with E-state index in [0.717, 1.165) is 28.3 Å². The van der Waals surface area contributed by atoms with Crippen molar-refractivity contribution < 1.29 is 28.2 Å². The van der Waals surface area contributed by atoms with E-state index < -0.39 is 12.0 Å². The Bertz CT molecular complexity index is 2290. The van der Waals surface area contributed by atoms with E-state index in [-0.39, 0.29) is 24.2 Å². The van der Waals surface area contributed by atoms with Crippen molar-refractivity contribution in [3.05, 3.63) is 120 Å². The standard InChI is InChI=1S/C39H38N2O7S/c1-7-11-29-34(38(44)46-8-2)35(33-28-13-10-9-12-24(28)15-18-31(33)45-6)41-36(42)32(49-39(41)40-29)21-26-16-19-30(48-26)27-17-14-25(20-23(27)5)37(43)47-22(3)4/h9-10,12-22,35H,7-8,11H2,1-6H3/b32-21+/t35-/m0/s1. The predicted octanol–water partition coefficient (Wildman–Crippen LogP) is 6.87. The largest absolute Gasteiger partial charge is 0.496 e. The number of hydrogen-bond donors (Lipinski definition) is 0. The zero-order chi connectivity index (χ0) is 34.8. The first-order valence-electron chi connectivity index (χ1n) is 16.3. The van der Waals surface area contributed by atoms with Crippen molar-refractivity contribution in [3.8, 4) is 17.1 Å². The predicted molar refractivity (Wildman–Crippen MR) is 190 cm³/mol. The van der Waals surface area contributed by atoms with Gasteiger partial charge >= 0.3 is 11.9 Å².